The normalized spacial score (nSPS) is 12.0. The highest BCUT2D eigenvalue weighted by Gasteiger charge is 2.16. The van der Waals surface area contributed by atoms with E-state index in [0.717, 1.165) is 6.42 Å². The van der Waals surface area contributed by atoms with Crippen LogP contribution in [0.4, 0.5) is 4.39 Å². The number of halogens is 1. The van der Waals surface area contributed by atoms with E-state index in [4.69, 9.17) is 14.0 Å². The van der Waals surface area contributed by atoms with Gasteiger partial charge in [0.2, 0.25) is 5.82 Å². The Labute approximate surface area is 145 Å². The van der Waals surface area contributed by atoms with E-state index >= 15 is 0 Å². The first-order valence-electron chi connectivity index (χ1n) is 8.06. The topological polar surface area (TPSA) is 57.4 Å². The van der Waals surface area contributed by atoms with E-state index in [1.165, 1.54) is 6.07 Å². The van der Waals surface area contributed by atoms with E-state index in [2.05, 4.69) is 17.1 Å². The molecule has 130 valence electrons. The third-order valence-electron chi connectivity index (χ3n) is 3.86. The van der Waals surface area contributed by atoms with E-state index in [1.54, 1.807) is 37.4 Å². The highest BCUT2D eigenvalue weighted by atomic mass is 19.1. The molecule has 0 aliphatic carbocycles. The average Bonchev–Trinajstić information content (AvgIpc) is 3.12. The van der Waals surface area contributed by atoms with Crippen molar-refractivity contribution in [2.75, 3.05) is 7.11 Å². The summed E-state index contributed by atoms with van der Waals surface area (Å²) in [4.78, 5) is 4.28. The molecule has 2 aromatic carbocycles. The van der Waals surface area contributed by atoms with Crippen LogP contribution in [0.15, 0.2) is 47.0 Å². The molecule has 6 heteroatoms. The van der Waals surface area contributed by atoms with Crippen LogP contribution in [0.1, 0.15) is 20.3 Å². The van der Waals surface area contributed by atoms with Crippen LogP contribution >= 0.6 is 0 Å². The molecule has 1 atom stereocenters. The highest BCUT2D eigenvalue weighted by Crippen LogP contribution is 2.33. The summed E-state index contributed by atoms with van der Waals surface area (Å²) in [6.45, 7) is 4.04. The molecule has 0 spiro atoms. The van der Waals surface area contributed by atoms with Crippen molar-refractivity contribution in [2.24, 2.45) is 0 Å². The molecule has 0 N–H and O–H groups in total. The molecule has 0 saturated carbocycles. The fraction of sp³-hybridized carbons (Fsp3) is 0.263. The molecule has 3 rings (SSSR count). The van der Waals surface area contributed by atoms with Crippen molar-refractivity contribution >= 4 is 0 Å². The summed E-state index contributed by atoms with van der Waals surface area (Å²) in [6.07, 6.45) is 0.972. The van der Waals surface area contributed by atoms with E-state index in [0.29, 0.717) is 22.9 Å². The van der Waals surface area contributed by atoms with Crippen molar-refractivity contribution in [2.45, 2.75) is 26.4 Å². The van der Waals surface area contributed by atoms with Crippen LogP contribution in [0.5, 0.6) is 11.5 Å². The van der Waals surface area contributed by atoms with Gasteiger partial charge < -0.3 is 14.0 Å². The van der Waals surface area contributed by atoms with Gasteiger partial charge in [0.15, 0.2) is 11.5 Å². The number of aromatic nitrogens is 2. The molecule has 3 aromatic rings. The van der Waals surface area contributed by atoms with Crippen molar-refractivity contribution < 1.29 is 18.4 Å². The number of hydrogen-bond donors (Lipinski definition) is 0. The summed E-state index contributed by atoms with van der Waals surface area (Å²) < 4.78 is 30.3. The zero-order chi connectivity index (χ0) is 17.8. The lowest BCUT2D eigenvalue weighted by Gasteiger charge is -2.15. The van der Waals surface area contributed by atoms with E-state index in [1.807, 2.05) is 13.0 Å². The Morgan fingerprint density at radius 3 is 2.68 bits per heavy atom. The van der Waals surface area contributed by atoms with Crippen LogP contribution in [-0.4, -0.2) is 23.4 Å². The number of hydrogen-bond acceptors (Lipinski definition) is 5. The first kappa shape index (κ1) is 17.0. The molecule has 0 bridgehead atoms. The van der Waals surface area contributed by atoms with Crippen molar-refractivity contribution in [3.8, 4) is 34.3 Å². The average molecular weight is 342 g/mol. The van der Waals surface area contributed by atoms with Gasteiger partial charge in [-0.2, -0.15) is 4.98 Å². The zero-order valence-electron chi connectivity index (χ0n) is 14.3. The van der Waals surface area contributed by atoms with Crippen molar-refractivity contribution in [3.63, 3.8) is 0 Å². The molecular formula is C19H19FN2O3. The standard InChI is InChI=1S/C19H19FN2O3/c1-4-12(2)24-16-10-9-13(11-17(16)23-3)18-21-19(25-22-18)14-7-5-6-8-15(14)20/h5-12H,4H2,1-3H3. The third kappa shape index (κ3) is 3.63. The fourth-order valence-electron chi connectivity index (χ4n) is 2.29. The van der Waals surface area contributed by atoms with Crippen LogP contribution in [0.25, 0.3) is 22.8 Å². The smallest absolute Gasteiger partial charge is 0.261 e. The first-order chi connectivity index (χ1) is 12.1. The van der Waals surface area contributed by atoms with Gasteiger partial charge in [-0.05, 0) is 43.7 Å². The number of benzene rings is 2. The van der Waals surface area contributed by atoms with Gasteiger partial charge in [-0.25, -0.2) is 4.39 Å². The molecule has 1 heterocycles. The van der Waals surface area contributed by atoms with Gasteiger partial charge in [0.1, 0.15) is 5.82 Å². The molecular weight excluding hydrogens is 323 g/mol. The first-order valence-corrected chi connectivity index (χ1v) is 8.06. The predicted molar refractivity (Wildman–Crippen MR) is 92.1 cm³/mol. The van der Waals surface area contributed by atoms with Gasteiger partial charge in [-0.3, -0.25) is 0 Å². The monoisotopic (exact) mass is 342 g/mol. The van der Waals surface area contributed by atoms with Gasteiger partial charge in [-0.15, -0.1) is 0 Å². The molecule has 0 saturated heterocycles. The lowest BCUT2D eigenvalue weighted by molar-refractivity contribution is 0.207. The van der Waals surface area contributed by atoms with E-state index < -0.39 is 5.82 Å². The molecule has 1 aromatic heterocycles. The summed E-state index contributed by atoms with van der Waals surface area (Å²) in [5.41, 5.74) is 0.963. The lowest BCUT2D eigenvalue weighted by Crippen LogP contribution is -2.10. The predicted octanol–water partition coefficient (Wildman–Crippen LogP) is 4.73. The largest absolute Gasteiger partial charge is 0.493 e. The summed E-state index contributed by atoms with van der Waals surface area (Å²) in [5.74, 6) is 1.31. The molecule has 25 heavy (non-hydrogen) atoms. The van der Waals surface area contributed by atoms with Crippen LogP contribution < -0.4 is 9.47 Å². The Morgan fingerprint density at radius 1 is 1.16 bits per heavy atom. The summed E-state index contributed by atoms with van der Waals surface area (Å²) >= 11 is 0. The number of ether oxygens (including phenoxy) is 2. The Balaban J connectivity index is 1.91. The van der Waals surface area contributed by atoms with Crippen LogP contribution in [0.3, 0.4) is 0 Å². The van der Waals surface area contributed by atoms with Crippen molar-refractivity contribution in [1.82, 2.24) is 10.1 Å². The Morgan fingerprint density at radius 2 is 1.96 bits per heavy atom. The Hall–Kier alpha value is -2.89. The van der Waals surface area contributed by atoms with Gasteiger partial charge in [0.05, 0.1) is 18.8 Å². The molecule has 5 nitrogen and oxygen atoms in total. The van der Waals surface area contributed by atoms with Gasteiger partial charge in [0, 0.05) is 5.56 Å². The Bertz CT molecular complexity index is 863. The minimum atomic E-state index is -0.410. The Kier molecular flexibility index (Phi) is 4.97. The highest BCUT2D eigenvalue weighted by molar-refractivity contribution is 5.63. The van der Waals surface area contributed by atoms with Crippen LogP contribution in [0, 0.1) is 5.82 Å². The second kappa shape index (κ2) is 7.34. The summed E-state index contributed by atoms with van der Waals surface area (Å²) in [6, 6.07) is 11.7. The molecule has 0 radical (unpaired) electrons. The maximum Gasteiger partial charge on any atom is 0.261 e. The number of methoxy groups -OCH3 is 1. The maximum absolute atomic E-state index is 13.8. The zero-order valence-corrected chi connectivity index (χ0v) is 14.3. The molecule has 0 aliphatic rings. The van der Waals surface area contributed by atoms with Gasteiger partial charge >= 0.3 is 0 Å². The van der Waals surface area contributed by atoms with Crippen molar-refractivity contribution in [1.29, 1.82) is 0 Å². The molecule has 0 fully saturated rings. The maximum atomic E-state index is 13.8. The second-order valence-corrected chi connectivity index (χ2v) is 5.61. The summed E-state index contributed by atoms with van der Waals surface area (Å²) in [7, 11) is 1.57. The second-order valence-electron chi connectivity index (χ2n) is 5.61. The molecule has 0 aliphatic heterocycles. The number of rotatable bonds is 6. The number of nitrogens with zero attached hydrogens (tertiary/aromatic N) is 2. The fourth-order valence-corrected chi connectivity index (χ4v) is 2.29. The SMILES string of the molecule is CCC(C)Oc1ccc(-c2noc(-c3ccccc3F)n2)cc1OC. The van der Waals surface area contributed by atoms with Crippen LogP contribution in [0.2, 0.25) is 0 Å². The molecule has 0 amide bonds. The van der Waals surface area contributed by atoms with Crippen LogP contribution in [-0.2, 0) is 0 Å². The minimum absolute atomic E-state index is 0.0811. The lowest BCUT2D eigenvalue weighted by atomic mass is 10.2. The minimum Gasteiger partial charge on any atom is -0.493 e. The summed E-state index contributed by atoms with van der Waals surface area (Å²) in [5, 5.41) is 3.94. The van der Waals surface area contributed by atoms with E-state index in [-0.39, 0.29) is 17.6 Å². The van der Waals surface area contributed by atoms with Crippen molar-refractivity contribution in [3.05, 3.63) is 48.3 Å². The molecule has 1 unspecified atom stereocenters. The third-order valence-corrected chi connectivity index (χ3v) is 3.86. The van der Waals surface area contributed by atoms with E-state index in [9.17, 15) is 4.39 Å². The quantitative estimate of drug-likeness (QED) is 0.648. The van der Waals surface area contributed by atoms with Gasteiger partial charge in [-0.1, -0.05) is 24.2 Å². The van der Waals surface area contributed by atoms with Gasteiger partial charge in [0.25, 0.3) is 5.89 Å².